The Hall–Kier alpha value is -7.22. The van der Waals surface area contributed by atoms with Gasteiger partial charge in [-0.1, -0.05) is 0 Å². The summed E-state index contributed by atoms with van der Waals surface area (Å²) < 4.78 is 97.2. The molecule has 0 saturated carbocycles. The Morgan fingerprint density at radius 1 is 0.559 bits per heavy atom. The van der Waals surface area contributed by atoms with Gasteiger partial charge in [-0.25, -0.2) is 9.59 Å². The quantitative estimate of drug-likeness (QED) is 0.0299. The molecule has 2 aliphatic heterocycles. The van der Waals surface area contributed by atoms with E-state index >= 15 is 0 Å². The number of carbonyl (C=O) groups excluding carboxylic acids is 4. The summed E-state index contributed by atoms with van der Waals surface area (Å²) in [6.07, 6.45) is -8.52. The molecule has 3 aromatic carbocycles. The number of ether oxygens (including phenoxy) is 2. The number of hydrogen-bond donors (Lipinski definition) is 12. The summed E-state index contributed by atoms with van der Waals surface area (Å²) in [6, 6.07) is 6.11. The topological polar surface area (TPSA) is 312 Å². The van der Waals surface area contributed by atoms with Crippen molar-refractivity contribution in [2.75, 3.05) is 71.2 Å². The van der Waals surface area contributed by atoms with Crippen molar-refractivity contribution in [3.05, 3.63) is 59.7 Å². The first kappa shape index (κ1) is 51.8. The number of carbonyl (C=O) groups is 4. The van der Waals surface area contributed by atoms with Gasteiger partial charge < -0.3 is 74.9 Å². The Morgan fingerprint density at radius 2 is 0.912 bits per heavy atom. The van der Waals surface area contributed by atoms with E-state index in [0.717, 1.165) is 0 Å². The number of unbranched alkanes of at least 4 members (excludes halogenated alkanes) is 2. The molecule has 0 aliphatic carbocycles. The molecule has 26 heteroatoms. The molecule has 0 aromatic heterocycles. The van der Waals surface area contributed by atoms with Crippen LogP contribution in [0.15, 0.2) is 58.5 Å². The summed E-state index contributed by atoms with van der Waals surface area (Å²) in [5.41, 5.74) is 17.7. The number of rotatable bonds is 20. The fourth-order valence-corrected chi connectivity index (χ4v) is 6.84. The third-order valence-corrected chi connectivity index (χ3v) is 10.1. The zero-order valence-electron chi connectivity index (χ0n) is 36.6. The Bertz CT molecular complexity index is 2130. The molecule has 2 fully saturated rings. The summed E-state index contributed by atoms with van der Waals surface area (Å²) >= 11 is 0. The van der Waals surface area contributed by atoms with Gasteiger partial charge in [-0.2, -0.15) is 26.3 Å². The van der Waals surface area contributed by atoms with E-state index in [-0.39, 0.29) is 72.1 Å². The minimum Gasteiger partial charge on any atom is -0.485 e. The highest BCUT2D eigenvalue weighted by Crippen LogP contribution is 2.43. The average Bonchev–Trinajstić information content (AvgIpc) is 3.97. The second-order valence-corrected chi connectivity index (χ2v) is 15.6. The number of benzene rings is 3. The summed E-state index contributed by atoms with van der Waals surface area (Å²) in [5.74, 6) is -1.90. The summed E-state index contributed by atoms with van der Waals surface area (Å²) in [7, 11) is 0. The Labute approximate surface area is 386 Å². The van der Waals surface area contributed by atoms with Crippen LogP contribution in [0, 0.1) is 0 Å². The molecule has 0 bridgehead atoms. The van der Waals surface area contributed by atoms with E-state index in [1.165, 1.54) is 24.3 Å². The number of anilines is 6. The number of nitrogens with one attached hydrogen (secondary N) is 8. The van der Waals surface area contributed by atoms with Gasteiger partial charge in [0.2, 0.25) is 11.8 Å². The molecular weight excluding hydrogens is 911 g/mol. The number of guanidine groups is 2. The number of nitrogens with zero attached hydrogens (tertiary/aromatic N) is 2. The first-order valence-corrected chi connectivity index (χ1v) is 21.4. The SMILES string of the molecule is NC(N)=NCCCCC(=O)Nc1cc(C(F)(F)F)cc(NC(=O)Nc2ccc(NC(=O)Nc3cc(C(F)(F)F)cc(NC(=O)CCCCN=C(N)N)c3OC3CCNC3)cc2)c1OC1CCNC1. The van der Waals surface area contributed by atoms with Crippen molar-refractivity contribution in [3.63, 3.8) is 0 Å². The van der Waals surface area contributed by atoms with E-state index in [9.17, 15) is 45.5 Å². The van der Waals surface area contributed by atoms with Crippen LogP contribution in [0.2, 0.25) is 0 Å². The maximum atomic E-state index is 14.2. The minimum atomic E-state index is -4.90. The molecule has 2 saturated heterocycles. The fourth-order valence-electron chi connectivity index (χ4n) is 6.84. The predicted octanol–water partition coefficient (Wildman–Crippen LogP) is 5.26. The Morgan fingerprint density at radius 3 is 1.22 bits per heavy atom. The fraction of sp³-hybridized carbons (Fsp3) is 0.429. The maximum absolute atomic E-state index is 14.2. The zero-order valence-corrected chi connectivity index (χ0v) is 36.6. The van der Waals surface area contributed by atoms with Gasteiger partial charge in [-0.3, -0.25) is 19.6 Å². The van der Waals surface area contributed by atoms with Crippen molar-refractivity contribution < 1.29 is 55.0 Å². The summed E-state index contributed by atoms with van der Waals surface area (Å²) in [4.78, 5) is 60.1. The number of urea groups is 2. The second-order valence-electron chi connectivity index (χ2n) is 15.6. The number of halogens is 6. The molecule has 3 aromatic rings. The monoisotopic (exact) mass is 964 g/mol. The van der Waals surface area contributed by atoms with Crippen LogP contribution in [0.1, 0.15) is 62.5 Å². The highest BCUT2D eigenvalue weighted by atomic mass is 19.4. The van der Waals surface area contributed by atoms with Crippen molar-refractivity contribution in [3.8, 4) is 11.5 Å². The van der Waals surface area contributed by atoms with Crippen LogP contribution >= 0.6 is 0 Å². The smallest absolute Gasteiger partial charge is 0.416 e. The largest absolute Gasteiger partial charge is 0.485 e. The number of aliphatic imine (C=N–C) groups is 2. The zero-order chi connectivity index (χ0) is 49.4. The molecule has 2 aliphatic rings. The average molecular weight is 965 g/mol. The van der Waals surface area contributed by atoms with Crippen molar-refractivity contribution in [1.29, 1.82) is 0 Å². The molecule has 68 heavy (non-hydrogen) atoms. The van der Waals surface area contributed by atoms with Crippen molar-refractivity contribution in [1.82, 2.24) is 10.6 Å². The Kier molecular flexibility index (Phi) is 18.3. The van der Waals surface area contributed by atoms with Gasteiger partial charge in [0.05, 0.1) is 33.9 Å². The third-order valence-electron chi connectivity index (χ3n) is 10.1. The standard InChI is InChI=1S/C42H54F6N14O6/c43-41(44,45)23-17-29(59-33(63)5-1-3-13-55-37(49)50)35(67-27-11-15-53-21-27)31(19-23)61-39(65)57-25-7-9-26(10-8-25)58-40(66)62-32-20-24(42(46,47)48)18-30(36(32)68-28-12-16-54-22-28)60-34(64)6-2-4-14-56-38(51)52/h7-10,17-20,27-28,53-54H,1-6,11-16,21-22H2,(H,59,63)(H,60,64)(H4,49,50,55)(H4,51,52,56)(H2,57,61,65)(H2,58,62,66). The van der Waals surface area contributed by atoms with Gasteiger partial charge in [0.25, 0.3) is 0 Å². The molecule has 6 amide bonds. The predicted molar refractivity (Wildman–Crippen MR) is 245 cm³/mol. The van der Waals surface area contributed by atoms with Gasteiger partial charge in [0.1, 0.15) is 12.2 Å². The summed E-state index contributed by atoms with van der Waals surface area (Å²) in [6.45, 7) is 2.30. The second kappa shape index (κ2) is 24.0. The molecule has 20 nitrogen and oxygen atoms in total. The van der Waals surface area contributed by atoms with Crippen LogP contribution in [0.25, 0.3) is 0 Å². The van der Waals surface area contributed by atoms with Crippen LogP contribution < -0.4 is 74.9 Å². The van der Waals surface area contributed by atoms with Crippen LogP contribution in [0.4, 0.5) is 70.1 Å². The molecule has 5 rings (SSSR count). The van der Waals surface area contributed by atoms with Gasteiger partial charge in [-0.05, 0) is 100 Å². The van der Waals surface area contributed by atoms with E-state index < -0.39 is 70.9 Å². The van der Waals surface area contributed by atoms with Crippen LogP contribution in [-0.2, 0) is 21.9 Å². The van der Waals surface area contributed by atoms with Crippen LogP contribution in [0.5, 0.6) is 11.5 Å². The number of hydrogen-bond acceptors (Lipinski definition) is 10. The molecule has 16 N–H and O–H groups in total. The van der Waals surface area contributed by atoms with Gasteiger partial charge >= 0.3 is 24.4 Å². The molecule has 0 spiro atoms. The molecule has 2 unspecified atom stereocenters. The first-order chi connectivity index (χ1) is 32.2. The molecular formula is C42H54F6N14O6. The lowest BCUT2D eigenvalue weighted by Crippen LogP contribution is -2.25. The van der Waals surface area contributed by atoms with E-state index in [4.69, 9.17) is 32.4 Å². The number of amides is 6. The molecule has 2 atom stereocenters. The van der Waals surface area contributed by atoms with Crippen LogP contribution in [0.3, 0.4) is 0 Å². The Balaban J connectivity index is 1.30. The van der Waals surface area contributed by atoms with Gasteiger partial charge in [0, 0.05) is 50.4 Å². The van der Waals surface area contributed by atoms with Gasteiger partial charge in [0.15, 0.2) is 23.4 Å². The molecule has 2 heterocycles. The lowest BCUT2D eigenvalue weighted by molar-refractivity contribution is -0.138. The van der Waals surface area contributed by atoms with Crippen molar-refractivity contribution >= 4 is 69.9 Å². The molecule has 0 radical (unpaired) electrons. The van der Waals surface area contributed by atoms with E-state index in [1.54, 1.807) is 0 Å². The van der Waals surface area contributed by atoms with Crippen molar-refractivity contribution in [2.45, 2.75) is 75.9 Å². The number of alkyl halides is 6. The summed E-state index contributed by atoms with van der Waals surface area (Å²) in [5, 5.41) is 20.9. The van der Waals surface area contributed by atoms with E-state index in [0.29, 0.717) is 89.0 Å². The van der Waals surface area contributed by atoms with E-state index in [2.05, 4.69) is 52.5 Å². The minimum absolute atomic E-state index is 0.0822. The lowest BCUT2D eigenvalue weighted by atomic mass is 10.1. The number of nitrogens with two attached hydrogens (primary N) is 4. The first-order valence-electron chi connectivity index (χ1n) is 21.4. The third kappa shape index (κ3) is 16.6. The maximum Gasteiger partial charge on any atom is 0.416 e. The van der Waals surface area contributed by atoms with Gasteiger partial charge in [-0.15, -0.1) is 0 Å². The highest BCUT2D eigenvalue weighted by molar-refractivity contribution is 6.04. The lowest BCUT2D eigenvalue weighted by Gasteiger charge is -2.22. The van der Waals surface area contributed by atoms with Crippen molar-refractivity contribution in [2.24, 2.45) is 32.9 Å². The molecule has 370 valence electrons. The van der Waals surface area contributed by atoms with Crippen LogP contribution in [-0.4, -0.2) is 87.3 Å². The van der Waals surface area contributed by atoms with E-state index in [1.807, 2.05) is 0 Å². The highest BCUT2D eigenvalue weighted by Gasteiger charge is 2.35. The normalized spacial score (nSPS) is 15.7.